The molecule has 0 bridgehead atoms. The molecule has 1 N–H and O–H groups in total. The number of fused-ring (bicyclic) bond motifs is 2. The second-order valence-electron chi connectivity index (χ2n) is 7.89. The number of carbonyl (C=O) groups excluding carboxylic acids is 2. The second-order valence-corrected chi connectivity index (χ2v) is 8.64. The van der Waals surface area contributed by atoms with E-state index in [1.54, 1.807) is 0 Å². The highest BCUT2D eigenvalue weighted by molar-refractivity contribution is 7.10. The molecule has 3 heterocycles. The van der Waals surface area contributed by atoms with E-state index in [9.17, 15) is 9.59 Å². The standard InChI is InChI=1S/C20H22N4O4S/c1-10-11(3-4-12-15(10)9-28-18(12)26)5-6-24-7-13-14(8-24)16(13)17(25)21-20-22-19(27-2)23-29-20/h3-4,13-14,16H,5-9H2,1-2H3,(H,21,22,23,25). The van der Waals surface area contributed by atoms with Crippen LogP contribution in [0.5, 0.6) is 6.01 Å². The predicted octanol–water partition coefficient (Wildman–Crippen LogP) is 1.88. The number of piperidine rings is 1. The molecule has 152 valence electrons. The van der Waals surface area contributed by atoms with Crippen molar-refractivity contribution < 1.29 is 19.1 Å². The van der Waals surface area contributed by atoms with Gasteiger partial charge in [-0.3, -0.25) is 4.79 Å². The number of aromatic nitrogens is 2. The molecule has 2 aromatic rings. The molecule has 2 fully saturated rings. The van der Waals surface area contributed by atoms with Crippen LogP contribution in [0.1, 0.15) is 27.0 Å². The van der Waals surface area contributed by atoms with Crippen molar-refractivity contribution in [2.75, 3.05) is 32.1 Å². The average Bonchev–Trinajstić information content (AvgIpc) is 3.09. The van der Waals surface area contributed by atoms with E-state index in [1.165, 1.54) is 18.2 Å². The van der Waals surface area contributed by atoms with Gasteiger partial charge in [0, 0.05) is 42.6 Å². The van der Waals surface area contributed by atoms with Gasteiger partial charge in [-0.1, -0.05) is 6.07 Å². The summed E-state index contributed by atoms with van der Waals surface area (Å²) in [7, 11) is 1.51. The van der Waals surface area contributed by atoms with E-state index in [0.717, 1.165) is 43.2 Å². The van der Waals surface area contributed by atoms with Gasteiger partial charge in [-0.25, -0.2) is 4.79 Å². The van der Waals surface area contributed by atoms with Gasteiger partial charge in [0.25, 0.3) is 0 Å². The number of likely N-dealkylation sites (tertiary alicyclic amines) is 1. The fourth-order valence-corrected chi connectivity index (χ4v) is 5.21. The molecule has 1 saturated heterocycles. The third-order valence-electron chi connectivity index (χ3n) is 6.37. The van der Waals surface area contributed by atoms with Crippen LogP contribution < -0.4 is 10.1 Å². The van der Waals surface area contributed by atoms with Crippen molar-refractivity contribution in [3.8, 4) is 6.01 Å². The number of benzene rings is 1. The Morgan fingerprint density at radius 2 is 2.17 bits per heavy atom. The molecule has 3 aliphatic rings. The minimum absolute atomic E-state index is 0.0394. The van der Waals surface area contributed by atoms with Crippen molar-refractivity contribution in [2.45, 2.75) is 20.0 Å². The molecule has 8 nitrogen and oxygen atoms in total. The summed E-state index contributed by atoms with van der Waals surface area (Å²) in [4.78, 5) is 30.7. The van der Waals surface area contributed by atoms with Gasteiger partial charge in [-0.2, -0.15) is 4.98 Å². The molecular formula is C20H22N4O4S. The van der Waals surface area contributed by atoms with Crippen LogP contribution in [0, 0.1) is 24.7 Å². The minimum atomic E-state index is -0.217. The van der Waals surface area contributed by atoms with E-state index < -0.39 is 0 Å². The molecule has 29 heavy (non-hydrogen) atoms. The number of rotatable bonds is 6. The van der Waals surface area contributed by atoms with Gasteiger partial charge in [-0.15, -0.1) is 4.37 Å². The third kappa shape index (κ3) is 3.28. The Balaban J connectivity index is 1.13. The number of carbonyl (C=O) groups is 2. The first-order valence-electron chi connectivity index (χ1n) is 9.74. The Morgan fingerprint density at radius 1 is 1.38 bits per heavy atom. The summed E-state index contributed by atoms with van der Waals surface area (Å²) in [5.41, 5.74) is 4.17. The van der Waals surface area contributed by atoms with Crippen LogP contribution >= 0.6 is 11.5 Å². The van der Waals surface area contributed by atoms with Crippen LogP contribution in [-0.4, -0.2) is 52.9 Å². The number of amides is 1. The Bertz CT molecular complexity index is 979. The maximum atomic E-state index is 12.5. The summed E-state index contributed by atoms with van der Waals surface area (Å²) in [6, 6.07) is 4.21. The molecule has 1 saturated carbocycles. The van der Waals surface area contributed by atoms with Crippen molar-refractivity contribution in [1.29, 1.82) is 0 Å². The lowest BCUT2D eigenvalue weighted by Gasteiger charge is -2.20. The lowest BCUT2D eigenvalue weighted by atomic mass is 9.96. The monoisotopic (exact) mass is 414 g/mol. The van der Waals surface area contributed by atoms with E-state index in [2.05, 4.69) is 26.5 Å². The van der Waals surface area contributed by atoms with Gasteiger partial charge in [0.05, 0.1) is 12.7 Å². The van der Waals surface area contributed by atoms with Crippen molar-refractivity contribution in [2.24, 2.45) is 17.8 Å². The van der Waals surface area contributed by atoms with Crippen LogP contribution in [0.15, 0.2) is 12.1 Å². The van der Waals surface area contributed by atoms with Crippen molar-refractivity contribution in [3.63, 3.8) is 0 Å². The average molecular weight is 414 g/mol. The molecular weight excluding hydrogens is 392 g/mol. The summed E-state index contributed by atoms with van der Waals surface area (Å²) in [5.74, 6) is 0.753. The Hall–Kier alpha value is -2.52. The number of hydrogen-bond acceptors (Lipinski definition) is 8. The fourth-order valence-electron chi connectivity index (χ4n) is 4.66. The molecule has 2 unspecified atom stereocenters. The van der Waals surface area contributed by atoms with Crippen LogP contribution in [0.3, 0.4) is 0 Å². The van der Waals surface area contributed by atoms with Gasteiger partial charge in [0.15, 0.2) is 0 Å². The number of cyclic esters (lactones) is 1. The highest BCUT2D eigenvalue weighted by atomic mass is 32.1. The van der Waals surface area contributed by atoms with Crippen LogP contribution in [0.4, 0.5) is 5.13 Å². The van der Waals surface area contributed by atoms with E-state index in [1.807, 2.05) is 12.1 Å². The van der Waals surface area contributed by atoms with Gasteiger partial charge < -0.3 is 19.7 Å². The predicted molar refractivity (Wildman–Crippen MR) is 106 cm³/mol. The van der Waals surface area contributed by atoms with Gasteiger partial charge in [0.1, 0.15) is 6.61 Å². The molecule has 0 spiro atoms. The number of anilines is 1. The molecule has 1 aromatic heterocycles. The first-order chi connectivity index (χ1) is 14.0. The van der Waals surface area contributed by atoms with Crippen LogP contribution in [-0.2, 0) is 22.6 Å². The quantitative estimate of drug-likeness (QED) is 0.722. The van der Waals surface area contributed by atoms with Gasteiger partial charge >= 0.3 is 12.0 Å². The molecule has 1 amide bonds. The SMILES string of the molecule is COc1nsc(NC(=O)C2C3CN(CCc4ccc5c(c4C)COC5=O)CC32)n1. The molecule has 0 radical (unpaired) electrons. The molecule has 1 aromatic carbocycles. The highest BCUT2D eigenvalue weighted by Gasteiger charge is 2.59. The van der Waals surface area contributed by atoms with Crippen molar-refractivity contribution >= 4 is 28.5 Å². The van der Waals surface area contributed by atoms with Gasteiger partial charge in [-0.05, 0) is 42.4 Å². The van der Waals surface area contributed by atoms with E-state index in [-0.39, 0.29) is 23.8 Å². The number of ether oxygens (including phenoxy) is 2. The molecule has 2 aliphatic heterocycles. The molecule has 2 atom stereocenters. The Kier molecular flexibility index (Phi) is 4.51. The summed E-state index contributed by atoms with van der Waals surface area (Å²) in [5, 5.41) is 3.35. The van der Waals surface area contributed by atoms with Crippen LogP contribution in [0.25, 0.3) is 0 Å². The fraction of sp³-hybridized carbons (Fsp3) is 0.500. The zero-order valence-electron chi connectivity index (χ0n) is 16.3. The first-order valence-corrected chi connectivity index (χ1v) is 10.5. The summed E-state index contributed by atoms with van der Waals surface area (Å²) < 4.78 is 14.1. The number of methoxy groups -OCH3 is 1. The molecule has 5 rings (SSSR count). The topological polar surface area (TPSA) is 93.6 Å². The zero-order valence-corrected chi connectivity index (χ0v) is 17.1. The minimum Gasteiger partial charge on any atom is -0.466 e. The summed E-state index contributed by atoms with van der Waals surface area (Å²) in [6.07, 6.45) is 0.939. The Morgan fingerprint density at radius 3 is 2.90 bits per heavy atom. The smallest absolute Gasteiger partial charge is 0.338 e. The van der Waals surface area contributed by atoms with E-state index in [4.69, 9.17) is 9.47 Å². The maximum absolute atomic E-state index is 12.5. The maximum Gasteiger partial charge on any atom is 0.338 e. The third-order valence-corrected chi connectivity index (χ3v) is 6.98. The largest absolute Gasteiger partial charge is 0.466 e. The van der Waals surface area contributed by atoms with E-state index in [0.29, 0.717) is 29.1 Å². The van der Waals surface area contributed by atoms with Crippen molar-refractivity contribution in [3.05, 3.63) is 34.4 Å². The lowest BCUT2D eigenvalue weighted by molar-refractivity contribution is -0.118. The lowest BCUT2D eigenvalue weighted by Crippen LogP contribution is -2.30. The van der Waals surface area contributed by atoms with Gasteiger partial charge in [0.2, 0.25) is 11.0 Å². The van der Waals surface area contributed by atoms with E-state index >= 15 is 0 Å². The van der Waals surface area contributed by atoms with Crippen LogP contribution in [0.2, 0.25) is 0 Å². The number of hydrogen-bond donors (Lipinski definition) is 1. The summed E-state index contributed by atoms with van der Waals surface area (Å²) in [6.45, 7) is 5.32. The number of nitrogens with zero attached hydrogens (tertiary/aromatic N) is 3. The molecule has 9 heteroatoms. The number of nitrogens with one attached hydrogen (secondary N) is 1. The number of esters is 1. The van der Waals surface area contributed by atoms with Crippen molar-refractivity contribution in [1.82, 2.24) is 14.3 Å². The highest BCUT2D eigenvalue weighted by Crippen LogP contribution is 2.52. The Labute approximate surface area is 172 Å². The zero-order chi connectivity index (χ0) is 20.1. The normalized spacial score (nSPS) is 24.8. The molecule has 1 aliphatic carbocycles. The summed E-state index contributed by atoms with van der Waals surface area (Å²) >= 11 is 1.13. The second kappa shape index (κ2) is 7.07. The first kappa shape index (κ1) is 18.5.